The summed E-state index contributed by atoms with van der Waals surface area (Å²) in [5.74, 6) is 1.86. The van der Waals surface area contributed by atoms with Crippen LogP contribution in [-0.2, 0) is 6.54 Å². The van der Waals surface area contributed by atoms with E-state index >= 15 is 0 Å². The molecule has 4 aromatic heterocycles. The average molecular weight is 414 g/mol. The van der Waals surface area contributed by atoms with Crippen molar-refractivity contribution in [3.05, 3.63) is 72.5 Å². The third-order valence-electron chi connectivity index (χ3n) is 5.38. The Balaban J connectivity index is 1.31. The van der Waals surface area contributed by atoms with Gasteiger partial charge in [-0.3, -0.25) is 0 Å². The van der Waals surface area contributed by atoms with Crippen LogP contribution in [0.15, 0.2) is 65.8 Å². The van der Waals surface area contributed by atoms with Gasteiger partial charge in [-0.2, -0.15) is 0 Å². The molecule has 31 heavy (non-hydrogen) atoms. The molecule has 1 aromatic carbocycles. The number of pyridine rings is 2. The standard InChI is InChI=1S/C23H18N4O4/c1-28-18-7-14(11-27-13-26-17-3-2-5-24-22(17)27)8-19-21(18)31-20(12-30-19)16-9-15-4-6-29-23(15)25-10-16/h2-10,13,20H,11-12H2,1H3. The lowest BCUT2D eigenvalue weighted by Gasteiger charge is -2.28. The Bertz CT molecular complexity index is 1390. The molecule has 0 saturated carbocycles. The lowest BCUT2D eigenvalue weighted by molar-refractivity contribution is 0.0868. The molecule has 1 aliphatic heterocycles. The molecule has 8 heteroatoms. The summed E-state index contributed by atoms with van der Waals surface area (Å²) in [7, 11) is 1.62. The number of aromatic nitrogens is 4. The lowest BCUT2D eigenvalue weighted by Crippen LogP contribution is -2.22. The van der Waals surface area contributed by atoms with Gasteiger partial charge in [0, 0.05) is 23.3 Å². The molecule has 5 aromatic rings. The van der Waals surface area contributed by atoms with Crippen molar-refractivity contribution in [2.75, 3.05) is 13.7 Å². The van der Waals surface area contributed by atoms with Crippen LogP contribution in [0.5, 0.6) is 17.2 Å². The average Bonchev–Trinajstić information content (AvgIpc) is 3.45. The van der Waals surface area contributed by atoms with Crippen LogP contribution in [0.2, 0.25) is 0 Å². The van der Waals surface area contributed by atoms with E-state index in [9.17, 15) is 0 Å². The van der Waals surface area contributed by atoms with Gasteiger partial charge in [0.15, 0.2) is 23.3 Å². The Morgan fingerprint density at radius 3 is 3.06 bits per heavy atom. The highest BCUT2D eigenvalue weighted by Gasteiger charge is 2.27. The highest BCUT2D eigenvalue weighted by molar-refractivity contribution is 5.73. The number of fused-ring (bicyclic) bond motifs is 3. The van der Waals surface area contributed by atoms with Crippen molar-refractivity contribution >= 4 is 22.3 Å². The molecule has 0 radical (unpaired) electrons. The Morgan fingerprint density at radius 1 is 1.16 bits per heavy atom. The van der Waals surface area contributed by atoms with Crippen LogP contribution >= 0.6 is 0 Å². The van der Waals surface area contributed by atoms with E-state index in [-0.39, 0.29) is 6.10 Å². The van der Waals surface area contributed by atoms with Crippen molar-refractivity contribution in [2.45, 2.75) is 12.6 Å². The maximum Gasteiger partial charge on any atom is 0.225 e. The van der Waals surface area contributed by atoms with Gasteiger partial charge in [0.25, 0.3) is 0 Å². The molecule has 1 atom stereocenters. The van der Waals surface area contributed by atoms with E-state index in [1.54, 1.807) is 32.1 Å². The predicted molar refractivity (Wildman–Crippen MR) is 112 cm³/mol. The minimum Gasteiger partial charge on any atom is -0.493 e. The molecule has 0 spiro atoms. The number of ether oxygens (including phenoxy) is 3. The van der Waals surface area contributed by atoms with Gasteiger partial charge >= 0.3 is 0 Å². The maximum atomic E-state index is 6.27. The number of benzene rings is 1. The lowest BCUT2D eigenvalue weighted by atomic mass is 10.1. The van der Waals surface area contributed by atoms with Crippen molar-refractivity contribution in [1.82, 2.24) is 19.5 Å². The van der Waals surface area contributed by atoms with Crippen LogP contribution in [0.3, 0.4) is 0 Å². The van der Waals surface area contributed by atoms with Crippen molar-refractivity contribution < 1.29 is 18.6 Å². The third kappa shape index (κ3) is 3.04. The van der Waals surface area contributed by atoms with Gasteiger partial charge in [0.2, 0.25) is 11.5 Å². The summed E-state index contributed by atoms with van der Waals surface area (Å²) in [5.41, 5.74) is 4.21. The van der Waals surface area contributed by atoms with Gasteiger partial charge in [-0.15, -0.1) is 0 Å². The normalized spacial score (nSPS) is 15.5. The van der Waals surface area contributed by atoms with E-state index in [2.05, 4.69) is 15.0 Å². The summed E-state index contributed by atoms with van der Waals surface area (Å²) in [4.78, 5) is 13.2. The maximum absolute atomic E-state index is 6.27. The van der Waals surface area contributed by atoms with E-state index in [4.69, 9.17) is 18.6 Å². The first-order valence-electron chi connectivity index (χ1n) is 9.88. The minimum atomic E-state index is -0.291. The predicted octanol–water partition coefficient (Wildman–Crippen LogP) is 4.14. The van der Waals surface area contributed by atoms with Crippen LogP contribution in [0, 0.1) is 0 Å². The molecular formula is C23H18N4O4. The van der Waals surface area contributed by atoms with Gasteiger partial charge in [-0.1, -0.05) is 0 Å². The van der Waals surface area contributed by atoms with Crippen LogP contribution in [0.1, 0.15) is 17.2 Å². The monoisotopic (exact) mass is 414 g/mol. The fourth-order valence-electron chi connectivity index (χ4n) is 3.86. The summed E-state index contributed by atoms with van der Waals surface area (Å²) < 4.78 is 25.3. The van der Waals surface area contributed by atoms with Crippen molar-refractivity contribution in [2.24, 2.45) is 0 Å². The quantitative estimate of drug-likeness (QED) is 0.437. The van der Waals surface area contributed by atoms with E-state index in [0.717, 1.165) is 27.7 Å². The largest absolute Gasteiger partial charge is 0.493 e. The topological polar surface area (TPSA) is 84.4 Å². The first kappa shape index (κ1) is 17.8. The summed E-state index contributed by atoms with van der Waals surface area (Å²) >= 11 is 0. The van der Waals surface area contributed by atoms with Crippen molar-refractivity contribution in [3.63, 3.8) is 0 Å². The molecule has 0 fully saturated rings. The van der Waals surface area contributed by atoms with Gasteiger partial charge in [0.05, 0.1) is 26.2 Å². The van der Waals surface area contributed by atoms with Gasteiger partial charge in [0.1, 0.15) is 12.1 Å². The Hall–Kier alpha value is -4.07. The molecule has 5 heterocycles. The third-order valence-corrected chi connectivity index (χ3v) is 5.38. The Kier molecular flexibility index (Phi) is 4.02. The fraction of sp³-hybridized carbons (Fsp3) is 0.174. The number of hydrogen-bond acceptors (Lipinski definition) is 7. The molecule has 0 bridgehead atoms. The van der Waals surface area contributed by atoms with E-state index < -0.39 is 0 Å². The number of furan rings is 1. The first-order chi connectivity index (χ1) is 15.3. The smallest absolute Gasteiger partial charge is 0.225 e. The number of rotatable bonds is 4. The van der Waals surface area contributed by atoms with Gasteiger partial charge < -0.3 is 23.2 Å². The molecule has 1 unspecified atom stereocenters. The highest BCUT2D eigenvalue weighted by atomic mass is 16.6. The van der Waals surface area contributed by atoms with E-state index in [1.165, 1.54) is 0 Å². The molecule has 1 aliphatic rings. The number of methoxy groups -OCH3 is 1. The zero-order valence-electron chi connectivity index (χ0n) is 16.7. The van der Waals surface area contributed by atoms with Gasteiger partial charge in [-0.05, 0) is 42.0 Å². The van der Waals surface area contributed by atoms with E-state index in [0.29, 0.717) is 36.1 Å². The van der Waals surface area contributed by atoms with Crippen LogP contribution in [0.4, 0.5) is 0 Å². The summed E-state index contributed by atoms with van der Waals surface area (Å²) in [6, 6.07) is 11.6. The summed E-state index contributed by atoms with van der Waals surface area (Å²) in [6.07, 6.45) is 6.64. The number of imidazole rings is 1. The zero-order valence-corrected chi connectivity index (χ0v) is 16.7. The van der Waals surface area contributed by atoms with Gasteiger partial charge in [-0.25, -0.2) is 15.0 Å². The van der Waals surface area contributed by atoms with Crippen LogP contribution < -0.4 is 14.2 Å². The Labute approximate surface area is 177 Å². The van der Waals surface area contributed by atoms with Crippen molar-refractivity contribution in [1.29, 1.82) is 0 Å². The van der Waals surface area contributed by atoms with Crippen LogP contribution in [0.25, 0.3) is 22.3 Å². The summed E-state index contributed by atoms with van der Waals surface area (Å²) in [5, 5.41) is 0.926. The molecule has 0 amide bonds. The van der Waals surface area contributed by atoms with E-state index in [1.807, 2.05) is 41.0 Å². The molecular weight excluding hydrogens is 396 g/mol. The molecule has 6 rings (SSSR count). The molecule has 0 saturated heterocycles. The Morgan fingerprint density at radius 2 is 2.13 bits per heavy atom. The van der Waals surface area contributed by atoms with Crippen LogP contribution in [-0.4, -0.2) is 33.2 Å². The molecule has 0 aliphatic carbocycles. The van der Waals surface area contributed by atoms with Crippen molar-refractivity contribution in [3.8, 4) is 17.2 Å². The SMILES string of the molecule is COc1cc(Cn2cnc3cccnc32)cc2c1OC(c1cnc3occc3c1)CO2. The molecule has 154 valence electrons. The minimum absolute atomic E-state index is 0.291. The zero-order chi connectivity index (χ0) is 20.8. The second kappa shape index (κ2) is 7.02. The molecule has 0 N–H and O–H groups in total. The highest BCUT2D eigenvalue weighted by Crippen LogP contribution is 2.44. The first-order valence-corrected chi connectivity index (χ1v) is 9.88. The second-order valence-electron chi connectivity index (χ2n) is 7.35. The number of hydrogen-bond donors (Lipinski definition) is 0. The fourth-order valence-corrected chi connectivity index (χ4v) is 3.86. The molecule has 8 nitrogen and oxygen atoms in total. The summed E-state index contributed by atoms with van der Waals surface area (Å²) in [6.45, 7) is 0.964. The second-order valence-corrected chi connectivity index (χ2v) is 7.35. The number of nitrogens with zero attached hydrogens (tertiary/aromatic N) is 4.